The van der Waals surface area contributed by atoms with Crippen molar-refractivity contribution in [3.05, 3.63) is 70.9 Å². The van der Waals surface area contributed by atoms with Crippen LogP contribution in [0.2, 0.25) is 0 Å². The molecule has 1 heterocycles. The van der Waals surface area contributed by atoms with Gasteiger partial charge in [-0.15, -0.1) is 0 Å². The molecule has 0 aliphatic heterocycles. The van der Waals surface area contributed by atoms with E-state index < -0.39 is 10.0 Å². The third-order valence-corrected chi connectivity index (χ3v) is 5.82. The number of methoxy groups -OCH3 is 1. The third kappa shape index (κ3) is 4.87. The van der Waals surface area contributed by atoms with Crippen molar-refractivity contribution in [3.8, 4) is 5.75 Å². The number of benzene rings is 2. The molecule has 3 rings (SSSR count). The molecule has 0 fully saturated rings. The Morgan fingerprint density at radius 1 is 1.11 bits per heavy atom. The molecule has 0 aliphatic carbocycles. The molecular formula is C19H18N2O4S2. The molecule has 140 valence electrons. The maximum absolute atomic E-state index is 12.7. The fourth-order valence-corrected chi connectivity index (χ4v) is 4.24. The minimum Gasteiger partial charge on any atom is -0.495 e. The number of sulfonamides is 1. The lowest BCUT2D eigenvalue weighted by molar-refractivity contribution is -0.115. The lowest BCUT2D eigenvalue weighted by atomic mass is 10.2. The molecule has 8 heteroatoms. The van der Waals surface area contributed by atoms with Crippen LogP contribution in [0.4, 0.5) is 11.4 Å². The zero-order valence-corrected chi connectivity index (χ0v) is 16.1. The van der Waals surface area contributed by atoms with Gasteiger partial charge in [0.2, 0.25) is 5.91 Å². The SMILES string of the molecule is COc1ccccc1NS(=O)(=O)c1cccc(NC(=O)Cc2ccsc2)c1. The van der Waals surface area contributed by atoms with Gasteiger partial charge in [-0.1, -0.05) is 18.2 Å². The fraction of sp³-hybridized carbons (Fsp3) is 0.105. The molecule has 0 saturated carbocycles. The van der Waals surface area contributed by atoms with E-state index in [4.69, 9.17) is 4.74 Å². The summed E-state index contributed by atoms with van der Waals surface area (Å²) in [5.41, 5.74) is 1.67. The molecular weight excluding hydrogens is 384 g/mol. The molecule has 0 unspecified atom stereocenters. The lowest BCUT2D eigenvalue weighted by Crippen LogP contribution is -2.16. The summed E-state index contributed by atoms with van der Waals surface area (Å²) >= 11 is 1.52. The summed E-state index contributed by atoms with van der Waals surface area (Å²) < 4.78 is 33.0. The summed E-state index contributed by atoms with van der Waals surface area (Å²) in [7, 11) is -2.36. The van der Waals surface area contributed by atoms with E-state index in [9.17, 15) is 13.2 Å². The Balaban J connectivity index is 1.76. The fourth-order valence-electron chi connectivity index (χ4n) is 2.46. The zero-order valence-electron chi connectivity index (χ0n) is 14.5. The highest BCUT2D eigenvalue weighted by atomic mass is 32.2. The van der Waals surface area contributed by atoms with Crippen molar-refractivity contribution in [2.75, 3.05) is 17.1 Å². The molecule has 2 aromatic carbocycles. The number of carbonyl (C=O) groups excluding carboxylic acids is 1. The van der Waals surface area contributed by atoms with E-state index in [0.717, 1.165) is 5.56 Å². The first-order valence-electron chi connectivity index (χ1n) is 8.05. The zero-order chi connectivity index (χ0) is 19.3. The summed E-state index contributed by atoms with van der Waals surface area (Å²) in [4.78, 5) is 12.2. The largest absolute Gasteiger partial charge is 0.495 e. The Kier molecular flexibility index (Phi) is 5.78. The van der Waals surface area contributed by atoms with Gasteiger partial charge >= 0.3 is 0 Å². The standard InChI is InChI=1S/C19H18N2O4S2/c1-25-18-8-3-2-7-17(18)21-27(23,24)16-6-4-5-15(12-16)20-19(22)11-14-9-10-26-13-14/h2-10,12-13,21H,11H2,1H3,(H,20,22). The van der Waals surface area contributed by atoms with E-state index >= 15 is 0 Å². The van der Waals surface area contributed by atoms with Crippen molar-refractivity contribution in [3.63, 3.8) is 0 Å². The van der Waals surface area contributed by atoms with E-state index in [0.29, 0.717) is 17.1 Å². The van der Waals surface area contributed by atoms with Gasteiger partial charge in [0.15, 0.2) is 0 Å². The molecule has 0 spiro atoms. The van der Waals surface area contributed by atoms with Crippen molar-refractivity contribution >= 4 is 38.6 Å². The van der Waals surface area contributed by atoms with Gasteiger partial charge in [0, 0.05) is 5.69 Å². The normalized spacial score (nSPS) is 11.0. The topological polar surface area (TPSA) is 84.5 Å². The molecule has 1 aromatic heterocycles. The van der Waals surface area contributed by atoms with Crippen LogP contribution >= 0.6 is 11.3 Å². The minimum atomic E-state index is -3.83. The number of carbonyl (C=O) groups is 1. The summed E-state index contributed by atoms with van der Waals surface area (Å²) in [6, 6.07) is 14.7. The summed E-state index contributed by atoms with van der Waals surface area (Å²) in [5.74, 6) is 0.210. The van der Waals surface area contributed by atoms with Gasteiger partial charge in [0.25, 0.3) is 10.0 Å². The molecule has 0 saturated heterocycles. The first-order chi connectivity index (χ1) is 13.0. The number of hydrogen-bond donors (Lipinski definition) is 2. The first-order valence-corrected chi connectivity index (χ1v) is 10.5. The smallest absolute Gasteiger partial charge is 0.262 e. The Labute approximate surface area is 161 Å². The van der Waals surface area contributed by atoms with Crippen molar-refractivity contribution in [1.29, 1.82) is 0 Å². The first kappa shape index (κ1) is 18.9. The number of amides is 1. The van der Waals surface area contributed by atoms with Crippen molar-refractivity contribution in [1.82, 2.24) is 0 Å². The van der Waals surface area contributed by atoms with Gasteiger partial charge in [-0.3, -0.25) is 9.52 Å². The number of para-hydroxylation sites is 2. The molecule has 0 atom stereocenters. The lowest BCUT2D eigenvalue weighted by Gasteiger charge is -2.12. The van der Waals surface area contributed by atoms with Crippen molar-refractivity contribution in [2.24, 2.45) is 0 Å². The number of rotatable bonds is 7. The molecule has 0 bridgehead atoms. The molecule has 0 aliphatic rings. The van der Waals surface area contributed by atoms with Crippen molar-refractivity contribution in [2.45, 2.75) is 11.3 Å². The highest BCUT2D eigenvalue weighted by Gasteiger charge is 2.17. The van der Waals surface area contributed by atoms with Crippen LogP contribution in [-0.2, 0) is 21.2 Å². The van der Waals surface area contributed by atoms with Gasteiger partial charge in [-0.2, -0.15) is 11.3 Å². The van der Waals surface area contributed by atoms with Gasteiger partial charge in [-0.25, -0.2) is 8.42 Å². The maximum atomic E-state index is 12.7. The number of anilines is 2. The average molecular weight is 402 g/mol. The molecule has 3 aromatic rings. The molecule has 6 nitrogen and oxygen atoms in total. The Bertz CT molecular complexity index is 1030. The van der Waals surface area contributed by atoms with Crippen LogP contribution in [-0.4, -0.2) is 21.4 Å². The number of thiophene rings is 1. The van der Waals surface area contributed by atoms with Crippen LogP contribution in [0.3, 0.4) is 0 Å². The Hall–Kier alpha value is -2.84. The van der Waals surface area contributed by atoms with Gasteiger partial charge in [-0.05, 0) is 52.7 Å². The van der Waals surface area contributed by atoms with Crippen LogP contribution in [0.25, 0.3) is 0 Å². The third-order valence-electron chi connectivity index (χ3n) is 3.72. The van der Waals surface area contributed by atoms with Crippen LogP contribution < -0.4 is 14.8 Å². The second-order valence-electron chi connectivity index (χ2n) is 5.69. The van der Waals surface area contributed by atoms with Crippen LogP contribution in [0, 0.1) is 0 Å². The summed E-state index contributed by atoms with van der Waals surface area (Å²) in [6.45, 7) is 0. The summed E-state index contributed by atoms with van der Waals surface area (Å²) in [5, 5.41) is 6.53. The second-order valence-corrected chi connectivity index (χ2v) is 8.15. The highest BCUT2D eigenvalue weighted by molar-refractivity contribution is 7.92. The molecule has 2 N–H and O–H groups in total. The van der Waals surface area contributed by atoms with E-state index in [1.165, 1.54) is 30.6 Å². The predicted molar refractivity (Wildman–Crippen MR) is 107 cm³/mol. The average Bonchev–Trinajstić information content (AvgIpc) is 3.15. The molecule has 1 amide bonds. The van der Waals surface area contributed by atoms with E-state index in [-0.39, 0.29) is 17.2 Å². The van der Waals surface area contributed by atoms with E-state index in [1.807, 2.05) is 16.8 Å². The molecule has 27 heavy (non-hydrogen) atoms. The maximum Gasteiger partial charge on any atom is 0.262 e. The van der Waals surface area contributed by atoms with Crippen LogP contribution in [0.1, 0.15) is 5.56 Å². The summed E-state index contributed by atoms with van der Waals surface area (Å²) in [6.07, 6.45) is 0.236. The second kappa shape index (κ2) is 8.24. The minimum absolute atomic E-state index is 0.0433. The predicted octanol–water partition coefficient (Wildman–Crippen LogP) is 3.74. The van der Waals surface area contributed by atoms with Crippen LogP contribution in [0.15, 0.2) is 70.3 Å². The van der Waals surface area contributed by atoms with Gasteiger partial charge < -0.3 is 10.1 Å². The van der Waals surface area contributed by atoms with Crippen molar-refractivity contribution < 1.29 is 17.9 Å². The Morgan fingerprint density at radius 2 is 1.93 bits per heavy atom. The number of ether oxygens (including phenoxy) is 1. The monoisotopic (exact) mass is 402 g/mol. The Morgan fingerprint density at radius 3 is 2.67 bits per heavy atom. The molecule has 0 radical (unpaired) electrons. The van der Waals surface area contributed by atoms with Gasteiger partial charge in [0.05, 0.1) is 24.1 Å². The van der Waals surface area contributed by atoms with Crippen LogP contribution in [0.5, 0.6) is 5.75 Å². The van der Waals surface area contributed by atoms with E-state index in [1.54, 1.807) is 36.4 Å². The van der Waals surface area contributed by atoms with Gasteiger partial charge in [0.1, 0.15) is 5.75 Å². The number of hydrogen-bond acceptors (Lipinski definition) is 5. The van der Waals surface area contributed by atoms with E-state index in [2.05, 4.69) is 10.0 Å². The number of nitrogens with one attached hydrogen (secondary N) is 2. The highest BCUT2D eigenvalue weighted by Crippen LogP contribution is 2.26. The quantitative estimate of drug-likeness (QED) is 0.631.